The molecule has 0 saturated carbocycles. The summed E-state index contributed by atoms with van der Waals surface area (Å²) < 4.78 is 0. The molecule has 152 valence electrons. The van der Waals surface area contributed by atoms with E-state index in [0.29, 0.717) is 27.5 Å². The van der Waals surface area contributed by atoms with Gasteiger partial charge in [-0.3, -0.25) is 9.59 Å². The second kappa shape index (κ2) is 9.28. The van der Waals surface area contributed by atoms with Crippen molar-refractivity contribution in [3.8, 4) is 11.1 Å². The number of benzene rings is 4. The Morgan fingerprint density at radius 2 is 1.13 bits per heavy atom. The Balaban J connectivity index is 1.49. The Morgan fingerprint density at radius 1 is 0.581 bits per heavy atom. The summed E-state index contributed by atoms with van der Waals surface area (Å²) >= 11 is 6.25. The van der Waals surface area contributed by atoms with Crippen LogP contribution in [0.2, 0.25) is 5.02 Å². The van der Waals surface area contributed by atoms with E-state index >= 15 is 0 Å². The van der Waals surface area contributed by atoms with Crippen molar-refractivity contribution in [3.05, 3.63) is 119 Å². The van der Waals surface area contributed by atoms with E-state index in [0.717, 1.165) is 11.1 Å². The summed E-state index contributed by atoms with van der Waals surface area (Å²) in [7, 11) is 0. The van der Waals surface area contributed by atoms with Crippen LogP contribution in [0, 0.1) is 0 Å². The molecule has 4 aromatic rings. The Hall–Kier alpha value is -3.89. The Bertz CT molecular complexity index is 1210. The predicted octanol–water partition coefficient (Wildman–Crippen LogP) is 6.51. The summed E-state index contributed by atoms with van der Waals surface area (Å²) in [4.78, 5) is 25.3. The van der Waals surface area contributed by atoms with Crippen LogP contribution < -0.4 is 10.6 Å². The van der Waals surface area contributed by atoms with Gasteiger partial charge in [0, 0.05) is 16.8 Å². The smallest absolute Gasteiger partial charge is 0.255 e. The van der Waals surface area contributed by atoms with Gasteiger partial charge in [0.2, 0.25) is 0 Å². The van der Waals surface area contributed by atoms with Gasteiger partial charge in [0.1, 0.15) is 0 Å². The van der Waals surface area contributed by atoms with Gasteiger partial charge in [-0.05, 0) is 53.6 Å². The number of carbonyl (C=O) groups is 2. The van der Waals surface area contributed by atoms with Gasteiger partial charge in [0.15, 0.2) is 0 Å². The zero-order valence-corrected chi connectivity index (χ0v) is 17.3. The van der Waals surface area contributed by atoms with Crippen molar-refractivity contribution in [2.45, 2.75) is 0 Å². The molecule has 0 aliphatic carbocycles. The third-order valence-electron chi connectivity index (χ3n) is 4.76. The number of para-hydroxylation sites is 1. The van der Waals surface area contributed by atoms with Crippen molar-refractivity contribution in [3.63, 3.8) is 0 Å². The number of rotatable bonds is 5. The summed E-state index contributed by atoms with van der Waals surface area (Å²) in [6.07, 6.45) is 0. The highest BCUT2D eigenvalue weighted by molar-refractivity contribution is 6.34. The molecule has 0 aromatic heterocycles. The summed E-state index contributed by atoms with van der Waals surface area (Å²) in [5, 5.41) is 5.96. The normalized spacial score (nSPS) is 10.4. The molecule has 0 atom stereocenters. The zero-order chi connectivity index (χ0) is 21.6. The minimum Gasteiger partial charge on any atom is -0.322 e. The first-order valence-electron chi connectivity index (χ1n) is 9.73. The molecule has 0 aliphatic rings. The van der Waals surface area contributed by atoms with Gasteiger partial charge in [0.05, 0.1) is 10.7 Å². The topological polar surface area (TPSA) is 58.2 Å². The molecule has 0 saturated heterocycles. The second-order valence-corrected chi connectivity index (χ2v) is 7.32. The number of anilines is 2. The lowest BCUT2D eigenvalue weighted by Crippen LogP contribution is -2.15. The number of hydrogen-bond donors (Lipinski definition) is 2. The Kier molecular flexibility index (Phi) is 6.11. The zero-order valence-electron chi connectivity index (χ0n) is 16.5. The van der Waals surface area contributed by atoms with Crippen molar-refractivity contribution in [1.82, 2.24) is 0 Å². The van der Waals surface area contributed by atoms with Crippen LogP contribution in [0.5, 0.6) is 0 Å². The van der Waals surface area contributed by atoms with Gasteiger partial charge in [0.25, 0.3) is 11.8 Å². The largest absolute Gasteiger partial charge is 0.322 e. The molecule has 0 bridgehead atoms. The molecule has 4 aromatic carbocycles. The average molecular weight is 427 g/mol. The van der Waals surface area contributed by atoms with Crippen molar-refractivity contribution >= 4 is 34.8 Å². The summed E-state index contributed by atoms with van der Waals surface area (Å²) in [6.45, 7) is 0. The molecule has 0 radical (unpaired) electrons. The highest BCUT2D eigenvalue weighted by atomic mass is 35.5. The van der Waals surface area contributed by atoms with Crippen molar-refractivity contribution in [1.29, 1.82) is 0 Å². The molecule has 0 unspecified atom stereocenters. The van der Waals surface area contributed by atoms with Crippen LogP contribution in [-0.4, -0.2) is 11.8 Å². The molecule has 0 aliphatic heterocycles. The van der Waals surface area contributed by atoms with E-state index in [4.69, 9.17) is 11.6 Å². The minimum absolute atomic E-state index is 0.287. The minimum atomic E-state index is -0.304. The molecule has 4 rings (SSSR count). The van der Waals surface area contributed by atoms with Crippen LogP contribution >= 0.6 is 11.6 Å². The van der Waals surface area contributed by atoms with E-state index in [9.17, 15) is 9.59 Å². The molecule has 0 heterocycles. The molecule has 2 N–H and O–H groups in total. The first kappa shape index (κ1) is 20.4. The van der Waals surface area contributed by atoms with Crippen LogP contribution in [0.1, 0.15) is 20.7 Å². The molecule has 31 heavy (non-hydrogen) atoms. The lowest BCUT2D eigenvalue weighted by Gasteiger charge is -2.11. The molecule has 5 heteroatoms. The summed E-state index contributed by atoms with van der Waals surface area (Å²) in [5.74, 6) is -0.590. The Morgan fingerprint density at radius 3 is 1.81 bits per heavy atom. The third kappa shape index (κ3) is 5.00. The van der Waals surface area contributed by atoms with E-state index in [-0.39, 0.29) is 11.8 Å². The van der Waals surface area contributed by atoms with Gasteiger partial charge >= 0.3 is 0 Å². The fraction of sp³-hybridized carbons (Fsp3) is 0. The number of nitrogens with one attached hydrogen (secondary N) is 2. The molecule has 0 spiro atoms. The lowest BCUT2D eigenvalue weighted by molar-refractivity contribution is 0.101. The third-order valence-corrected chi connectivity index (χ3v) is 5.09. The van der Waals surface area contributed by atoms with Crippen molar-refractivity contribution in [2.75, 3.05) is 10.6 Å². The van der Waals surface area contributed by atoms with Gasteiger partial charge in [-0.15, -0.1) is 0 Å². The van der Waals surface area contributed by atoms with Gasteiger partial charge in [-0.25, -0.2) is 0 Å². The molecular formula is C26H19ClN2O2. The van der Waals surface area contributed by atoms with E-state index in [1.807, 2.05) is 60.7 Å². The van der Waals surface area contributed by atoms with Gasteiger partial charge in [-0.1, -0.05) is 72.3 Å². The van der Waals surface area contributed by atoms with Crippen LogP contribution in [0.25, 0.3) is 11.1 Å². The van der Waals surface area contributed by atoms with E-state index in [1.54, 1.807) is 42.5 Å². The standard InChI is InChI=1S/C26H19ClN2O2/c27-23-16-15-21(26(31)28-22-9-5-2-6-10-22)17-24(23)29-25(30)20-13-11-19(12-14-20)18-7-3-1-4-8-18/h1-17H,(H,28,31)(H,29,30). The Labute approximate surface area is 185 Å². The highest BCUT2D eigenvalue weighted by Gasteiger charge is 2.13. The number of hydrogen-bond acceptors (Lipinski definition) is 2. The van der Waals surface area contributed by atoms with E-state index in [1.165, 1.54) is 0 Å². The first-order valence-corrected chi connectivity index (χ1v) is 10.1. The monoisotopic (exact) mass is 426 g/mol. The molecule has 2 amide bonds. The maximum atomic E-state index is 12.7. The quantitative estimate of drug-likeness (QED) is 0.382. The lowest BCUT2D eigenvalue weighted by atomic mass is 10.0. The molecule has 0 fully saturated rings. The fourth-order valence-electron chi connectivity index (χ4n) is 3.13. The van der Waals surface area contributed by atoms with Crippen LogP contribution in [0.15, 0.2) is 103 Å². The number of halogens is 1. The van der Waals surface area contributed by atoms with Gasteiger partial charge in [-0.2, -0.15) is 0 Å². The molecular weight excluding hydrogens is 408 g/mol. The predicted molar refractivity (Wildman–Crippen MR) is 126 cm³/mol. The van der Waals surface area contributed by atoms with Crippen molar-refractivity contribution < 1.29 is 9.59 Å². The first-order chi connectivity index (χ1) is 15.1. The SMILES string of the molecule is O=C(Nc1ccccc1)c1ccc(Cl)c(NC(=O)c2ccc(-c3ccccc3)cc2)c1. The highest BCUT2D eigenvalue weighted by Crippen LogP contribution is 2.25. The average Bonchev–Trinajstić information content (AvgIpc) is 2.82. The molecule has 4 nitrogen and oxygen atoms in total. The fourth-order valence-corrected chi connectivity index (χ4v) is 3.29. The van der Waals surface area contributed by atoms with Crippen molar-refractivity contribution in [2.24, 2.45) is 0 Å². The summed E-state index contributed by atoms with van der Waals surface area (Å²) in [6, 6.07) is 31.2. The van der Waals surface area contributed by atoms with Crippen LogP contribution in [0.4, 0.5) is 11.4 Å². The maximum Gasteiger partial charge on any atom is 0.255 e. The van der Waals surface area contributed by atoms with E-state index in [2.05, 4.69) is 10.6 Å². The number of amides is 2. The van der Waals surface area contributed by atoms with Crippen LogP contribution in [-0.2, 0) is 0 Å². The second-order valence-electron chi connectivity index (χ2n) is 6.91. The van der Waals surface area contributed by atoms with Gasteiger partial charge < -0.3 is 10.6 Å². The van der Waals surface area contributed by atoms with E-state index < -0.39 is 0 Å². The maximum absolute atomic E-state index is 12.7. The summed E-state index contributed by atoms with van der Waals surface area (Å²) in [5.41, 5.74) is 4.05. The number of carbonyl (C=O) groups excluding carboxylic acids is 2. The van der Waals surface area contributed by atoms with Crippen LogP contribution in [0.3, 0.4) is 0 Å².